The molecule has 5 aliphatic rings. The molecule has 5 heterocycles. The second-order valence-electron chi connectivity index (χ2n) is 12.7. The van der Waals surface area contributed by atoms with Gasteiger partial charge in [0.1, 0.15) is 23.7 Å². The van der Waals surface area contributed by atoms with E-state index in [9.17, 15) is 24.3 Å². The Kier molecular flexibility index (Phi) is 9.88. The first kappa shape index (κ1) is 32.4. The number of aliphatic hydroxyl groups is 1. The fourth-order valence-electron chi connectivity index (χ4n) is 7.52. The smallest absolute Gasteiger partial charge is 0.313 e. The number of ether oxygens (including phenoxy) is 3. The molecule has 3 saturated heterocycles. The topological polar surface area (TPSA) is 138 Å². The Morgan fingerprint density at radius 2 is 1.78 bits per heavy atom. The molecule has 2 N–H and O–H groups in total. The first-order valence-electron chi connectivity index (χ1n) is 16.4. The summed E-state index contributed by atoms with van der Waals surface area (Å²) in [7, 11) is 0. The van der Waals surface area contributed by atoms with Crippen molar-refractivity contribution in [3.05, 3.63) is 60.2 Å². The SMILES string of the molecule is C[C@H]1NC(=O)CC/C=C\[C@H]2O[C@]34C=CCN(CCN5CCOCC5)C(=O)[C@H]3N(CCCO)C(=O)[C@@H]4[C@H]2C(=O)O[C@@H]1c1ccccc1. The molecule has 12 heteroatoms. The Bertz CT molecular complexity index is 1350. The highest BCUT2D eigenvalue weighted by Crippen LogP contribution is 2.53. The summed E-state index contributed by atoms with van der Waals surface area (Å²) in [5.41, 5.74) is -0.694. The minimum atomic E-state index is -1.40. The van der Waals surface area contributed by atoms with Gasteiger partial charge in [-0.25, -0.2) is 0 Å². The zero-order chi connectivity index (χ0) is 32.3. The molecule has 0 bridgehead atoms. The molecule has 12 nitrogen and oxygen atoms in total. The lowest BCUT2D eigenvalue weighted by Crippen LogP contribution is -2.56. The van der Waals surface area contributed by atoms with Crippen LogP contribution in [0.25, 0.3) is 0 Å². The van der Waals surface area contributed by atoms with Crippen molar-refractivity contribution in [1.29, 1.82) is 0 Å². The van der Waals surface area contributed by atoms with Crippen LogP contribution in [0.1, 0.15) is 37.9 Å². The van der Waals surface area contributed by atoms with E-state index in [2.05, 4.69) is 10.2 Å². The van der Waals surface area contributed by atoms with Gasteiger partial charge < -0.3 is 34.4 Å². The minimum Gasteiger partial charge on any atom is -0.455 e. The van der Waals surface area contributed by atoms with Crippen molar-refractivity contribution in [3.63, 3.8) is 0 Å². The van der Waals surface area contributed by atoms with Gasteiger partial charge in [-0.1, -0.05) is 54.6 Å². The maximum absolute atomic E-state index is 14.4. The van der Waals surface area contributed by atoms with Crippen LogP contribution in [0.15, 0.2) is 54.6 Å². The second kappa shape index (κ2) is 14.0. The number of benzene rings is 1. The van der Waals surface area contributed by atoms with Gasteiger partial charge in [-0.2, -0.15) is 0 Å². The van der Waals surface area contributed by atoms with E-state index in [-0.39, 0.29) is 43.7 Å². The lowest BCUT2D eigenvalue weighted by molar-refractivity contribution is -0.161. The summed E-state index contributed by atoms with van der Waals surface area (Å²) in [5, 5.41) is 12.6. The Morgan fingerprint density at radius 1 is 1.00 bits per heavy atom. The van der Waals surface area contributed by atoms with Crippen molar-refractivity contribution in [2.75, 3.05) is 59.1 Å². The van der Waals surface area contributed by atoms with E-state index in [1.54, 1.807) is 30.1 Å². The zero-order valence-electron chi connectivity index (χ0n) is 26.3. The Morgan fingerprint density at radius 3 is 2.54 bits per heavy atom. The van der Waals surface area contributed by atoms with Crippen LogP contribution in [0.3, 0.4) is 0 Å². The van der Waals surface area contributed by atoms with Crippen molar-refractivity contribution in [1.82, 2.24) is 20.0 Å². The number of nitrogens with zero attached hydrogens (tertiary/aromatic N) is 3. The number of fused-ring (bicyclic) bond motifs is 2. The molecule has 6 rings (SSSR count). The van der Waals surface area contributed by atoms with E-state index in [1.165, 1.54) is 4.90 Å². The number of hydrogen-bond donors (Lipinski definition) is 2. The summed E-state index contributed by atoms with van der Waals surface area (Å²) in [6, 6.07) is 7.66. The van der Waals surface area contributed by atoms with Crippen molar-refractivity contribution in [2.45, 2.75) is 56.1 Å². The maximum atomic E-state index is 14.4. The van der Waals surface area contributed by atoms with Crippen LogP contribution in [-0.2, 0) is 33.4 Å². The molecule has 5 aliphatic heterocycles. The van der Waals surface area contributed by atoms with Crippen molar-refractivity contribution < 1.29 is 38.5 Å². The van der Waals surface area contributed by atoms with Gasteiger partial charge in [0, 0.05) is 52.3 Å². The second-order valence-corrected chi connectivity index (χ2v) is 12.7. The molecule has 0 radical (unpaired) electrons. The van der Waals surface area contributed by atoms with Gasteiger partial charge in [0.2, 0.25) is 17.7 Å². The van der Waals surface area contributed by atoms with Gasteiger partial charge in [0.05, 0.1) is 31.3 Å². The lowest BCUT2D eigenvalue weighted by atomic mass is 9.77. The fraction of sp³-hybridized carbons (Fsp3) is 0.588. The summed E-state index contributed by atoms with van der Waals surface area (Å²) < 4.78 is 18.4. The van der Waals surface area contributed by atoms with Crippen LogP contribution in [0.2, 0.25) is 0 Å². The van der Waals surface area contributed by atoms with Crippen molar-refractivity contribution >= 4 is 23.7 Å². The summed E-state index contributed by atoms with van der Waals surface area (Å²) in [4.78, 5) is 61.4. The molecule has 3 fully saturated rings. The third-order valence-corrected chi connectivity index (χ3v) is 9.77. The number of morpholine rings is 1. The molecule has 0 aromatic heterocycles. The van der Waals surface area contributed by atoms with Crippen LogP contribution in [0.5, 0.6) is 0 Å². The van der Waals surface area contributed by atoms with Gasteiger partial charge in [0.25, 0.3) is 0 Å². The van der Waals surface area contributed by atoms with Gasteiger partial charge in [-0.05, 0) is 25.3 Å². The predicted molar refractivity (Wildman–Crippen MR) is 166 cm³/mol. The molecule has 1 aromatic rings. The van der Waals surface area contributed by atoms with Crippen molar-refractivity contribution in [3.8, 4) is 0 Å². The van der Waals surface area contributed by atoms with Crippen LogP contribution in [-0.4, -0.2) is 126 Å². The first-order chi connectivity index (χ1) is 22.3. The van der Waals surface area contributed by atoms with Gasteiger partial charge in [-0.15, -0.1) is 0 Å². The van der Waals surface area contributed by atoms with Gasteiger partial charge in [0.15, 0.2) is 0 Å². The highest BCUT2D eigenvalue weighted by atomic mass is 16.6. The number of nitrogens with one attached hydrogen (secondary N) is 1. The number of likely N-dealkylation sites (tertiary alicyclic amines) is 1. The number of cyclic esters (lactones) is 1. The van der Waals surface area contributed by atoms with E-state index in [0.717, 1.165) is 13.1 Å². The number of carbonyl (C=O) groups is 4. The standard InChI is InChI=1S/C34H44N4O8/c1-23-29(24-9-3-2-4-10-24)45-33(43)27-25(11-5-6-12-26(40)35-23)46-34-13-7-14-37(17-16-36-18-21-44-22-19-36)32(42)30(34)38(15-8-20-39)31(41)28(27)34/h2-5,7,9-11,13,23,25,27-30,39H,6,8,12,14-22H2,1H3,(H,35,40)/b11-5-/t23-,25-,27+,28+,29+,30-,34+/m1/s1. The van der Waals surface area contributed by atoms with Crippen LogP contribution >= 0.6 is 0 Å². The van der Waals surface area contributed by atoms with E-state index < -0.39 is 47.7 Å². The van der Waals surface area contributed by atoms with E-state index in [0.29, 0.717) is 44.8 Å². The fourth-order valence-corrected chi connectivity index (χ4v) is 7.52. The van der Waals surface area contributed by atoms with Crippen LogP contribution < -0.4 is 5.32 Å². The van der Waals surface area contributed by atoms with Gasteiger partial charge in [-0.3, -0.25) is 24.1 Å². The van der Waals surface area contributed by atoms with Crippen LogP contribution in [0, 0.1) is 11.8 Å². The zero-order valence-corrected chi connectivity index (χ0v) is 26.3. The highest BCUT2D eigenvalue weighted by molar-refractivity contribution is 5.99. The molecular weight excluding hydrogens is 592 g/mol. The molecule has 46 heavy (non-hydrogen) atoms. The molecule has 1 spiro atoms. The number of hydrogen-bond acceptors (Lipinski definition) is 9. The average Bonchev–Trinajstić information content (AvgIpc) is 3.45. The summed E-state index contributed by atoms with van der Waals surface area (Å²) in [6.45, 7) is 6.15. The Labute approximate surface area is 269 Å². The highest BCUT2D eigenvalue weighted by Gasteiger charge is 2.71. The molecule has 7 atom stereocenters. The van der Waals surface area contributed by atoms with E-state index >= 15 is 0 Å². The molecule has 0 aliphatic carbocycles. The number of amides is 3. The minimum absolute atomic E-state index is 0.149. The monoisotopic (exact) mass is 636 g/mol. The van der Waals surface area contributed by atoms with E-state index in [4.69, 9.17) is 14.2 Å². The van der Waals surface area contributed by atoms with Crippen LogP contribution in [0.4, 0.5) is 0 Å². The molecular formula is C34H44N4O8. The first-order valence-corrected chi connectivity index (χ1v) is 16.4. The summed E-state index contributed by atoms with van der Waals surface area (Å²) in [5.74, 6) is -3.45. The molecule has 1 aromatic carbocycles. The molecule has 248 valence electrons. The summed E-state index contributed by atoms with van der Waals surface area (Å²) >= 11 is 0. The third kappa shape index (κ3) is 6.23. The predicted octanol–water partition coefficient (Wildman–Crippen LogP) is 0.819. The molecule has 3 amide bonds. The number of allylic oxidation sites excluding steroid dienone is 1. The summed E-state index contributed by atoms with van der Waals surface area (Å²) in [6.07, 6.45) is 6.47. The van der Waals surface area contributed by atoms with Gasteiger partial charge >= 0.3 is 5.97 Å². The Hall–Kier alpha value is -3.58. The molecule has 0 saturated carbocycles. The Balaban J connectivity index is 1.35. The number of esters is 1. The number of rotatable bonds is 7. The largest absolute Gasteiger partial charge is 0.455 e. The number of carbonyl (C=O) groups excluding carboxylic acids is 4. The maximum Gasteiger partial charge on any atom is 0.313 e. The quantitative estimate of drug-likeness (QED) is 0.329. The number of aliphatic hydroxyl groups excluding tert-OH is 1. The third-order valence-electron chi connectivity index (χ3n) is 9.77. The van der Waals surface area contributed by atoms with Crippen molar-refractivity contribution in [2.24, 2.45) is 11.8 Å². The lowest BCUT2D eigenvalue weighted by Gasteiger charge is -2.36. The normalized spacial score (nSPS) is 34.5. The average molecular weight is 637 g/mol. The molecule has 0 unspecified atom stereocenters. The van der Waals surface area contributed by atoms with E-state index in [1.807, 2.05) is 36.4 Å².